The van der Waals surface area contributed by atoms with Gasteiger partial charge in [0, 0.05) is 3.57 Å². The molecule has 2 heteroatoms. The van der Waals surface area contributed by atoms with Crippen LogP contribution in [0.25, 0.3) is 11.1 Å². The molecule has 2 rings (SSSR count). The summed E-state index contributed by atoms with van der Waals surface area (Å²) in [5, 5.41) is 0. The molecule has 17 heavy (non-hydrogen) atoms. The molecule has 0 saturated heterocycles. The van der Waals surface area contributed by atoms with E-state index >= 15 is 0 Å². The van der Waals surface area contributed by atoms with Gasteiger partial charge in [-0.2, -0.15) is 0 Å². The third kappa shape index (κ3) is 3.22. The Hall–Kier alpha value is -1.03. The molecular formula is C15H15IO. The molecule has 0 aliphatic heterocycles. The summed E-state index contributed by atoms with van der Waals surface area (Å²) < 4.78 is 6.71. The molecular weight excluding hydrogens is 323 g/mol. The zero-order valence-electron chi connectivity index (χ0n) is 10.0. The molecule has 0 bridgehead atoms. The van der Waals surface area contributed by atoms with Gasteiger partial charge in [-0.25, -0.2) is 0 Å². The lowest BCUT2D eigenvalue weighted by Gasteiger charge is -2.06. The topological polar surface area (TPSA) is 9.23 Å². The molecule has 0 spiro atoms. The van der Waals surface area contributed by atoms with Crippen LogP contribution < -0.4 is 4.74 Å². The van der Waals surface area contributed by atoms with Crippen molar-refractivity contribution in [3.05, 3.63) is 51.6 Å². The summed E-state index contributed by atoms with van der Waals surface area (Å²) in [4.78, 5) is 0. The van der Waals surface area contributed by atoms with E-state index in [1.54, 1.807) is 0 Å². The first-order valence-electron chi connectivity index (χ1n) is 5.69. The van der Waals surface area contributed by atoms with Crippen LogP contribution in [0.3, 0.4) is 0 Å². The van der Waals surface area contributed by atoms with Gasteiger partial charge in [0.05, 0.1) is 6.61 Å². The first-order valence-corrected chi connectivity index (χ1v) is 6.77. The zero-order chi connectivity index (χ0) is 12.3. The largest absolute Gasteiger partial charge is 0.494 e. The minimum absolute atomic E-state index is 0.710. The Morgan fingerprint density at radius 1 is 1.00 bits per heavy atom. The van der Waals surface area contributed by atoms with Gasteiger partial charge in [-0.3, -0.25) is 0 Å². The van der Waals surface area contributed by atoms with Crippen LogP contribution in [0, 0.1) is 10.5 Å². The third-order valence-electron chi connectivity index (χ3n) is 2.54. The molecule has 0 aliphatic carbocycles. The highest BCUT2D eigenvalue weighted by atomic mass is 127. The molecule has 2 aromatic rings. The molecule has 0 fully saturated rings. The minimum atomic E-state index is 0.710. The van der Waals surface area contributed by atoms with Gasteiger partial charge >= 0.3 is 0 Å². The second kappa shape index (κ2) is 5.54. The van der Waals surface area contributed by atoms with Gasteiger partial charge in [0.15, 0.2) is 0 Å². The van der Waals surface area contributed by atoms with Crippen molar-refractivity contribution in [2.45, 2.75) is 13.8 Å². The average molecular weight is 338 g/mol. The van der Waals surface area contributed by atoms with Crippen molar-refractivity contribution in [1.82, 2.24) is 0 Å². The van der Waals surface area contributed by atoms with Crippen LogP contribution in [0.4, 0.5) is 0 Å². The van der Waals surface area contributed by atoms with Crippen molar-refractivity contribution >= 4 is 22.6 Å². The van der Waals surface area contributed by atoms with Crippen molar-refractivity contribution in [3.63, 3.8) is 0 Å². The van der Waals surface area contributed by atoms with Crippen molar-refractivity contribution in [3.8, 4) is 16.9 Å². The predicted molar refractivity (Wildman–Crippen MR) is 80.5 cm³/mol. The van der Waals surface area contributed by atoms with Gasteiger partial charge in [-0.15, -0.1) is 0 Å². The maximum absolute atomic E-state index is 5.44. The number of benzene rings is 2. The molecule has 0 aromatic heterocycles. The summed E-state index contributed by atoms with van der Waals surface area (Å²) in [5.74, 6) is 0.929. The van der Waals surface area contributed by atoms with Gasteiger partial charge in [-0.1, -0.05) is 18.2 Å². The maximum atomic E-state index is 5.44. The minimum Gasteiger partial charge on any atom is -0.494 e. The Bertz CT molecular complexity index is 483. The molecule has 2 aromatic carbocycles. The molecule has 0 N–H and O–H groups in total. The molecule has 0 aliphatic rings. The molecule has 1 nitrogen and oxygen atoms in total. The Labute approximate surface area is 116 Å². The molecule has 0 unspecified atom stereocenters. The van der Waals surface area contributed by atoms with Gasteiger partial charge in [-0.05, 0) is 77.4 Å². The number of aryl methyl sites for hydroxylation is 1. The summed E-state index contributed by atoms with van der Waals surface area (Å²) in [7, 11) is 0. The third-order valence-corrected chi connectivity index (χ3v) is 3.16. The van der Waals surface area contributed by atoms with Crippen molar-refractivity contribution in [1.29, 1.82) is 0 Å². The van der Waals surface area contributed by atoms with Gasteiger partial charge in [0.2, 0.25) is 0 Å². The fraction of sp³-hybridized carbons (Fsp3) is 0.200. The molecule has 0 saturated carbocycles. The number of hydrogen-bond acceptors (Lipinski definition) is 1. The first kappa shape index (κ1) is 12.4. The Kier molecular flexibility index (Phi) is 4.05. The van der Waals surface area contributed by atoms with E-state index < -0.39 is 0 Å². The number of hydrogen-bond donors (Lipinski definition) is 0. The van der Waals surface area contributed by atoms with Gasteiger partial charge < -0.3 is 4.74 Å². The standard InChI is InChI=1S/C15H15IO/c1-3-17-15-6-4-12(5-7-15)13-8-11(2)9-14(16)10-13/h4-10H,3H2,1-2H3. The molecule has 0 radical (unpaired) electrons. The second-order valence-electron chi connectivity index (χ2n) is 3.97. The van der Waals surface area contributed by atoms with E-state index in [2.05, 4.69) is 59.8 Å². The predicted octanol–water partition coefficient (Wildman–Crippen LogP) is 4.67. The molecule has 0 amide bonds. The molecule has 88 valence electrons. The Morgan fingerprint density at radius 3 is 2.29 bits per heavy atom. The lowest BCUT2D eigenvalue weighted by atomic mass is 10.0. The lowest BCUT2D eigenvalue weighted by molar-refractivity contribution is 0.340. The van der Waals surface area contributed by atoms with E-state index in [0.29, 0.717) is 6.61 Å². The van der Waals surface area contributed by atoms with E-state index in [4.69, 9.17) is 4.74 Å². The number of ether oxygens (including phenoxy) is 1. The quantitative estimate of drug-likeness (QED) is 0.740. The summed E-state index contributed by atoms with van der Waals surface area (Å²) in [6.07, 6.45) is 0. The van der Waals surface area contributed by atoms with Crippen molar-refractivity contribution in [2.75, 3.05) is 6.61 Å². The Morgan fingerprint density at radius 2 is 1.71 bits per heavy atom. The van der Waals surface area contributed by atoms with E-state index in [9.17, 15) is 0 Å². The summed E-state index contributed by atoms with van der Waals surface area (Å²) in [6.45, 7) is 4.83. The van der Waals surface area contributed by atoms with Crippen LogP contribution in [0.5, 0.6) is 5.75 Å². The lowest BCUT2D eigenvalue weighted by Crippen LogP contribution is -1.90. The summed E-state index contributed by atoms with van der Waals surface area (Å²) in [5.41, 5.74) is 3.79. The van der Waals surface area contributed by atoms with Crippen molar-refractivity contribution < 1.29 is 4.74 Å². The highest BCUT2D eigenvalue weighted by Crippen LogP contribution is 2.25. The van der Waals surface area contributed by atoms with Gasteiger partial charge in [0.25, 0.3) is 0 Å². The Balaban J connectivity index is 2.32. The molecule has 0 atom stereocenters. The van der Waals surface area contributed by atoms with Crippen LogP contribution in [0.15, 0.2) is 42.5 Å². The SMILES string of the molecule is CCOc1ccc(-c2cc(C)cc(I)c2)cc1. The van der Waals surface area contributed by atoms with Gasteiger partial charge in [0.1, 0.15) is 5.75 Å². The number of halogens is 1. The zero-order valence-corrected chi connectivity index (χ0v) is 12.2. The fourth-order valence-electron chi connectivity index (χ4n) is 1.81. The van der Waals surface area contributed by atoms with E-state index in [-0.39, 0.29) is 0 Å². The molecule has 0 heterocycles. The van der Waals surface area contributed by atoms with Crippen molar-refractivity contribution in [2.24, 2.45) is 0 Å². The average Bonchev–Trinajstić information content (AvgIpc) is 2.29. The highest BCUT2D eigenvalue weighted by molar-refractivity contribution is 14.1. The van der Waals surface area contributed by atoms with E-state index in [0.717, 1.165) is 5.75 Å². The van der Waals surface area contributed by atoms with Crippen LogP contribution in [-0.4, -0.2) is 6.61 Å². The normalized spacial score (nSPS) is 10.3. The monoisotopic (exact) mass is 338 g/mol. The first-order chi connectivity index (χ1) is 8.19. The smallest absolute Gasteiger partial charge is 0.119 e. The van der Waals surface area contributed by atoms with Crippen LogP contribution in [0.2, 0.25) is 0 Å². The van der Waals surface area contributed by atoms with Crippen LogP contribution >= 0.6 is 22.6 Å². The van der Waals surface area contributed by atoms with E-state index in [1.165, 1.54) is 20.3 Å². The summed E-state index contributed by atoms with van der Waals surface area (Å²) >= 11 is 2.35. The number of rotatable bonds is 3. The fourth-order valence-corrected chi connectivity index (χ4v) is 2.64. The highest BCUT2D eigenvalue weighted by Gasteiger charge is 2.00. The van der Waals surface area contributed by atoms with Crippen LogP contribution in [-0.2, 0) is 0 Å². The van der Waals surface area contributed by atoms with E-state index in [1.807, 2.05) is 19.1 Å². The van der Waals surface area contributed by atoms with Crippen LogP contribution in [0.1, 0.15) is 12.5 Å². The maximum Gasteiger partial charge on any atom is 0.119 e. The second-order valence-corrected chi connectivity index (χ2v) is 5.22. The summed E-state index contributed by atoms with van der Waals surface area (Å²) in [6, 6.07) is 14.8.